The van der Waals surface area contributed by atoms with E-state index in [1.165, 1.54) is 6.20 Å². The number of hydrogen-bond donors (Lipinski definition) is 0. The van der Waals surface area contributed by atoms with Crippen LogP contribution in [-0.2, 0) is 9.47 Å². The van der Waals surface area contributed by atoms with Gasteiger partial charge in [-0.1, -0.05) is 30.3 Å². The van der Waals surface area contributed by atoms with Crippen molar-refractivity contribution >= 4 is 5.97 Å². The number of methoxy groups -OCH3 is 1. The Morgan fingerprint density at radius 3 is 2.45 bits per heavy atom. The molecule has 1 heterocycles. The van der Waals surface area contributed by atoms with Crippen LogP contribution in [0.4, 0.5) is 0 Å². The topological polar surface area (TPSA) is 53.4 Å². The van der Waals surface area contributed by atoms with Crippen molar-refractivity contribution in [2.45, 2.75) is 39.0 Å². The zero-order valence-corrected chi connectivity index (χ0v) is 13.4. The lowest BCUT2D eigenvalue weighted by atomic mass is 10.1. The number of imidazole rings is 1. The van der Waals surface area contributed by atoms with Crippen molar-refractivity contribution < 1.29 is 14.3 Å². The highest BCUT2D eigenvalue weighted by Crippen LogP contribution is 2.20. The smallest absolute Gasteiger partial charge is 0.356 e. The Kier molecular flexibility index (Phi) is 5.33. The summed E-state index contributed by atoms with van der Waals surface area (Å²) < 4.78 is 12.4. The molecule has 0 aliphatic heterocycles. The summed E-state index contributed by atoms with van der Waals surface area (Å²) >= 11 is 0. The van der Waals surface area contributed by atoms with Gasteiger partial charge in [0.1, 0.15) is 11.8 Å². The van der Waals surface area contributed by atoms with Gasteiger partial charge in [0, 0.05) is 7.11 Å². The van der Waals surface area contributed by atoms with Crippen molar-refractivity contribution in [2.24, 2.45) is 0 Å². The Bertz CT molecular complexity index is 609. The molecule has 0 saturated heterocycles. The standard InChI is InChI=1S/C17H22N2O3/c1-12(15-8-6-5-7-9-15)19-11-18-10-16(19)17(20)22-14(3)13(2)21-4/h5-14H,1-4H3/t12-,13+,14+/m1/s1. The van der Waals surface area contributed by atoms with Gasteiger partial charge in [0.05, 0.1) is 24.7 Å². The number of nitrogens with zero attached hydrogens (tertiary/aromatic N) is 2. The van der Waals surface area contributed by atoms with Crippen molar-refractivity contribution in [1.82, 2.24) is 9.55 Å². The van der Waals surface area contributed by atoms with Crippen LogP contribution >= 0.6 is 0 Å². The maximum absolute atomic E-state index is 12.4. The molecule has 2 aromatic rings. The second-order valence-corrected chi connectivity index (χ2v) is 5.32. The minimum Gasteiger partial charge on any atom is -0.455 e. The summed E-state index contributed by atoms with van der Waals surface area (Å²) in [5, 5.41) is 0. The molecule has 2 rings (SSSR count). The summed E-state index contributed by atoms with van der Waals surface area (Å²) in [4.78, 5) is 16.4. The molecule has 0 N–H and O–H groups in total. The molecule has 0 unspecified atom stereocenters. The molecule has 0 bridgehead atoms. The van der Waals surface area contributed by atoms with Crippen molar-refractivity contribution in [3.05, 3.63) is 54.1 Å². The van der Waals surface area contributed by atoms with Gasteiger partial charge in [-0.2, -0.15) is 0 Å². The molecule has 1 aromatic heterocycles. The SMILES string of the molecule is CO[C@@H](C)[C@H](C)OC(=O)c1cncn1[C@H](C)c1ccccc1. The molecule has 0 saturated carbocycles. The van der Waals surface area contributed by atoms with Crippen LogP contribution in [0.5, 0.6) is 0 Å². The number of benzene rings is 1. The van der Waals surface area contributed by atoms with E-state index in [4.69, 9.17) is 9.47 Å². The highest BCUT2D eigenvalue weighted by molar-refractivity contribution is 5.87. The summed E-state index contributed by atoms with van der Waals surface area (Å²) in [5.41, 5.74) is 1.54. The average molecular weight is 302 g/mol. The van der Waals surface area contributed by atoms with E-state index >= 15 is 0 Å². The molecular formula is C17H22N2O3. The first-order valence-corrected chi connectivity index (χ1v) is 7.35. The highest BCUT2D eigenvalue weighted by atomic mass is 16.6. The quantitative estimate of drug-likeness (QED) is 0.770. The molecule has 1 aromatic carbocycles. The Labute approximate surface area is 130 Å². The predicted molar refractivity (Wildman–Crippen MR) is 83.8 cm³/mol. The van der Waals surface area contributed by atoms with E-state index in [-0.39, 0.29) is 18.2 Å². The lowest BCUT2D eigenvalue weighted by molar-refractivity contribution is -0.0214. The summed E-state index contributed by atoms with van der Waals surface area (Å²) in [6.45, 7) is 5.70. The van der Waals surface area contributed by atoms with E-state index in [1.807, 2.05) is 55.7 Å². The van der Waals surface area contributed by atoms with Crippen molar-refractivity contribution in [2.75, 3.05) is 7.11 Å². The van der Waals surface area contributed by atoms with E-state index in [1.54, 1.807) is 13.4 Å². The maximum atomic E-state index is 12.4. The van der Waals surface area contributed by atoms with Crippen LogP contribution in [0.2, 0.25) is 0 Å². The first-order valence-electron chi connectivity index (χ1n) is 7.35. The van der Waals surface area contributed by atoms with Gasteiger partial charge < -0.3 is 14.0 Å². The lowest BCUT2D eigenvalue weighted by Crippen LogP contribution is -2.28. The Morgan fingerprint density at radius 2 is 1.82 bits per heavy atom. The van der Waals surface area contributed by atoms with E-state index < -0.39 is 5.97 Å². The van der Waals surface area contributed by atoms with Crippen molar-refractivity contribution in [3.8, 4) is 0 Å². The molecule has 5 nitrogen and oxygen atoms in total. The third-order valence-electron chi connectivity index (χ3n) is 3.90. The van der Waals surface area contributed by atoms with Gasteiger partial charge >= 0.3 is 5.97 Å². The monoisotopic (exact) mass is 302 g/mol. The normalized spacial score (nSPS) is 15.1. The summed E-state index contributed by atoms with van der Waals surface area (Å²) in [5.74, 6) is -0.392. The summed E-state index contributed by atoms with van der Waals surface area (Å²) in [6, 6.07) is 9.96. The van der Waals surface area contributed by atoms with E-state index in [2.05, 4.69) is 4.98 Å². The number of ether oxygens (including phenoxy) is 2. The molecule has 22 heavy (non-hydrogen) atoms. The van der Waals surface area contributed by atoms with Crippen LogP contribution in [0.25, 0.3) is 0 Å². The fraction of sp³-hybridized carbons (Fsp3) is 0.412. The zero-order chi connectivity index (χ0) is 16.1. The predicted octanol–water partition coefficient (Wildman–Crippen LogP) is 3.07. The lowest BCUT2D eigenvalue weighted by Gasteiger charge is -2.20. The van der Waals surface area contributed by atoms with Gasteiger partial charge in [-0.3, -0.25) is 0 Å². The molecular weight excluding hydrogens is 280 g/mol. The van der Waals surface area contributed by atoms with Gasteiger partial charge in [0.2, 0.25) is 0 Å². The Balaban J connectivity index is 2.17. The number of hydrogen-bond acceptors (Lipinski definition) is 4. The van der Waals surface area contributed by atoms with Crippen LogP contribution < -0.4 is 0 Å². The third-order valence-corrected chi connectivity index (χ3v) is 3.90. The second kappa shape index (κ2) is 7.22. The molecule has 0 fully saturated rings. The van der Waals surface area contributed by atoms with Gasteiger partial charge in [-0.15, -0.1) is 0 Å². The number of esters is 1. The fourth-order valence-electron chi connectivity index (χ4n) is 2.18. The first kappa shape index (κ1) is 16.2. The molecule has 0 radical (unpaired) electrons. The van der Waals surface area contributed by atoms with Gasteiger partial charge in [0.15, 0.2) is 0 Å². The van der Waals surface area contributed by atoms with E-state index in [0.717, 1.165) is 5.56 Å². The van der Waals surface area contributed by atoms with Crippen LogP contribution in [-0.4, -0.2) is 34.8 Å². The molecule has 118 valence electrons. The molecule has 3 atom stereocenters. The van der Waals surface area contributed by atoms with Crippen LogP contribution in [0.3, 0.4) is 0 Å². The highest BCUT2D eigenvalue weighted by Gasteiger charge is 2.22. The van der Waals surface area contributed by atoms with Gasteiger partial charge in [0.25, 0.3) is 0 Å². The van der Waals surface area contributed by atoms with E-state index in [0.29, 0.717) is 5.69 Å². The fourth-order valence-corrected chi connectivity index (χ4v) is 2.18. The maximum Gasteiger partial charge on any atom is 0.356 e. The number of rotatable bonds is 6. The number of carbonyl (C=O) groups is 1. The summed E-state index contributed by atoms with van der Waals surface area (Å²) in [6.07, 6.45) is 2.70. The van der Waals surface area contributed by atoms with Crippen LogP contribution in [0, 0.1) is 0 Å². The van der Waals surface area contributed by atoms with Crippen LogP contribution in [0.15, 0.2) is 42.9 Å². The van der Waals surface area contributed by atoms with Crippen LogP contribution in [0.1, 0.15) is 42.9 Å². The minimum atomic E-state index is -0.392. The van der Waals surface area contributed by atoms with Crippen molar-refractivity contribution in [1.29, 1.82) is 0 Å². The molecule has 0 amide bonds. The molecule has 5 heteroatoms. The number of aromatic nitrogens is 2. The average Bonchev–Trinajstić information content (AvgIpc) is 3.03. The third kappa shape index (κ3) is 3.54. The second-order valence-electron chi connectivity index (χ2n) is 5.32. The van der Waals surface area contributed by atoms with Crippen molar-refractivity contribution in [3.63, 3.8) is 0 Å². The molecule has 0 aliphatic carbocycles. The largest absolute Gasteiger partial charge is 0.455 e. The van der Waals surface area contributed by atoms with Gasteiger partial charge in [-0.25, -0.2) is 9.78 Å². The zero-order valence-electron chi connectivity index (χ0n) is 13.4. The molecule has 0 spiro atoms. The summed E-state index contributed by atoms with van der Waals surface area (Å²) in [7, 11) is 1.59. The Hall–Kier alpha value is -2.14. The van der Waals surface area contributed by atoms with E-state index in [9.17, 15) is 4.79 Å². The Morgan fingerprint density at radius 1 is 1.14 bits per heavy atom. The minimum absolute atomic E-state index is 0.00130. The van der Waals surface area contributed by atoms with Gasteiger partial charge in [-0.05, 0) is 26.3 Å². The first-order chi connectivity index (χ1) is 10.5. The molecule has 0 aliphatic rings. The number of carbonyl (C=O) groups excluding carboxylic acids is 1.